The van der Waals surface area contributed by atoms with Gasteiger partial charge in [0, 0.05) is 26.2 Å². The fraction of sp³-hybridized carbons (Fsp3) is 0.290. The zero-order valence-electron chi connectivity index (χ0n) is 21.5. The van der Waals surface area contributed by atoms with E-state index < -0.39 is 10.0 Å². The van der Waals surface area contributed by atoms with Crippen LogP contribution in [0.4, 0.5) is 0 Å². The molecule has 1 N–H and O–H groups in total. The van der Waals surface area contributed by atoms with Gasteiger partial charge in [0.05, 0.1) is 6.61 Å². The molecule has 1 heterocycles. The van der Waals surface area contributed by atoms with Gasteiger partial charge in [0.1, 0.15) is 10.6 Å². The summed E-state index contributed by atoms with van der Waals surface area (Å²) in [5.74, 6) is 0.435. The van der Waals surface area contributed by atoms with E-state index in [-0.39, 0.29) is 4.90 Å². The molecule has 0 atom stereocenters. The summed E-state index contributed by atoms with van der Waals surface area (Å²) in [6, 6.07) is 22.5. The molecular formula is C31H34N2O3S. The number of nitrogens with zero attached hydrogens (tertiary/aromatic N) is 1. The quantitative estimate of drug-likeness (QED) is 0.341. The molecule has 0 unspecified atom stereocenters. The Labute approximate surface area is 220 Å². The van der Waals surface area contributed by atoms with E-state index in [1.54, 1.807) is 12.1 Å². The molecule has 5 nitrogen and oxygen atoms in total. The van der Waals surface area contributed by atoms with Crippen LogP contribution in [0.5, 0.6) is 5.75 Å². The van der Waals surface area contributed by atoms with Crippen LogP contribution in [0.3, 0.4) is 0 Å². The Kier molecular flexibility index (Phi) is 7.60. The minimum atomic E-state index is -3.65. The predicted molar refractivity (Wildman–Crippen MR) is 151 cm³/mol. The smallest absolute Gasteiger partial charge is 0.244 e. The van der Waals surface area contributed by atoms with E-state index in [0.717, 1.165) is 31.5 Å². The molecule has 1 saturated heterocycles. The molecule has 0 radical (unpaired) electrons. The van der Waals surface area contributed by atoms with Crippen LogP contribution in [-0.4, -0.2) is 46.1 Å². The Morgan fingerprint density at radius 2 is 1.49 bits per heavy atom. The van der Waals surface area contributed by atoms with E-state index in [9.17, 15) is 8.42 Å². The molecule has 1 aliphatic carbocycles. The van der Waals surface area contributed by atoms with Crippen LogP contribution >= 0.6 is 0 Å². The largest absolute Gasteiger partial charge is 0.492 e. The van der Waals surface area contributed by atoms with Gasteiger partial charge in [0.25, 0.3) is 0 Å². The lowest BCUT2D eigenvalue weighted by Gasteiger charge is -2.30. The van der Waals surface area contributed by atoms with Gasteiger partial charge in [0.2, 0.25) is 10.0 Å². The Hall–Kier alpha value is -3.19. The Balaban J connectivity index is 1.28. The highest BCUT2D eigenvalue weighted by molar-refractivity contribution is 7.89. The molecule has 0 saturated carbocycles. The lowest BCUT2D eigenvalue weighted by Crippen LogP contribution is -2.38. The fourth-order valence-electron chi connectivity index (χ4n) is 5.32. The molecule has 0 aromatic heterocycles. The molecule has 37 heavy (non-hydrogen) atoms. The van der Waals surface area contributed by atoms with E-state index in [1.165, 1.54) is 33.4 Å². The van der Waals surface area contributed by atoms with Crippen molar-refractivity contribution in [1.82, 2.24) is 9.62 Å². The normalized spacial score (nSPS) is 15.7. The van der Waals surface area contributed by atoms with Crippen molar-refractivity contribution in [2.75, 3.05) is 32.8 Å². The minimum absolute atomic E-state index is 0.208. The van der Waals surface area contributed by atoms with Crippen molar-refractivity contribution in [2.24, 2.45) is 0 Å². The first-order chi connectivity index (χ1) is 18.0. The Morgan fingerprint density at radius 3 is 2.11 bits per heavy atom. The number of benzene rings is 3. The third-order valence-electron chi connectivity index (χ3n) is 7.19. The van der Waals surface area contributed by atoms with Crippen LogP contribution in [0.1, 0.15) is 47.6 Å². The summed E-state index contributed by atoms with van der Waals surface area (Å²) in [7, 11) is -3.65. The average molecular weight is 515 g/mol. The molecule has 5 rings (SSSR count). The van der Waals surface area contributed by atoms with Gasteiger partial charge >= 0.3 is 0 Å². The zero-order chi connectivity index (χ0) is 25.8. The molecular weight excluding hydrogens is 480 g/mol. The highest BCUT2D eigenvalue weighted by Gasteiger charge is 2.24. The van der Waals surface area contributed by atoms with Gasteiger partial charge in [-0.2, -0.15) is 0 Å². The summed E-state index contributed by atoms with van der Waals surface area (Å²) in [4.78, 5) is 2.55. The molecule has 0 spiro atoms. The summed E-state index contributed by atoms with van der Waals surface area (Å²) in [5, 5.41) is 0. The number of nitrogens with one attached hydrogen (secondary N) is 1. The second-order valence-electron chi connectivity index (χ2n) is 9.56. The topological polar surface area (TPSA) is 58.6 Å². The third kappa shape index (κ3) is 5.42. The number of piperidine rings is 1. The molecule has 1 aliphatic heterocycles. The van der Waals surface area contributed by atoms with E-state index >= 15 is 0 Å². The van der Waals surface area contributed by atoms with Crippen LogP contribution in [0.15, 0.2) is 77.2 Å². The summed E-state index contributed by atoms with van der Waals surface area (Å²) in [5.41, 5.74) is 8.74. The number of para-hydroxylation sites is 1. The van der Waals surface area contributed by atoms with Gasteiger partial charge in [-0.3, -0.25) is 0 Å². The second kappa shape index (κ2) is 11.1. The summed E-state index contributed by atoms with van der Waals surface area (Å²) in [6.45, 7) is 7.00. The lowest BCUT2D eigenvalue weighted by atomic mass is 9.86. The summed E-state index contributed by atoms with van der Waals surface area (Å²) in [6.07, 6.45) is 6.37. The fourth-order valence-corrected chi connectivity index (χ4v) is 6.56. The molecule has 6 heteroatoms. The van der Waals surface area contributed by atoms with Gasteiger partial charge in [-0.1, -0.05) is 78.4 Å². The standard InChI is InChI=1S/C31H34N2O3S/c1-3-36-31-23(2)9-8-14-29(31)37(34,35)32-19-22-33-20-17-26(18-21-33)30-27-12-6-4-10-24(27)15-16-25-11-5-7-13-28(25)30/h4-16,32H,3,17-22H2,1-2H3. The van der Waals surface area contributed by atoms with Gasteiger partial charge in [-0.05, 0) is 66.1 Å². The number of rotatable bonds is 7. The average Bonchev–Trinajstić information content (AvgIpc) is 3.07. The molecule has 1 fully saturated rings. The number of hydrogen-bond donors (Lipinski definition) is 1. The van der Waals surface area contributed by atoms with Crippen molar-refractivity contribution in [3.8, 4) is 5.75 Å². The van der Waals surface area contributed by atoms with Crippen LogP contribution < -0.4 is 9.46 Å². The maximum atomic E-state index is 13.0. The molecule has 192 valence electrons. The number of fused-ring (bicyclic) bond motifs is 2. The number of sulfonamides is 1. The highest BCUT2D eigenvalue weighted by atomic mass is 32.2. The highest BCUT2D eigenvalue weighted by Crippen LogP contribution is 2.38. The first-order valence-corrected chi connectivity index (χ1v) is 14.5. The number of hydrogen-bond acceptors (Lipinski definition) is 4. The molecule has 0 amide bonds. The van der Waals surface area contributed by atoms with E-state index in [0.29, 0.717) is 25.4 Å². The van der Waals surface area contributed by atoms with Gasteiger partial charge in [-0.15, -0.1) is 0 Å². The predicted octanol–water partition coefficient (Wildman–Crippen LogP) is 5.75. The maximum Gasteiger partial charge on any atom is 0.244 e. The number of aryl methyl sites for hydroxylation is 1. The molecule has 3 aromatic rings. The summed E-state index contributed by atoms with van der Waals surface area (Å²) >= 11 is 0. The van der Waals surface area contributed by atoms with Gasteiger partial charge < -0.3 is 9.64 Å². The van der Waals surface area contributed by atoms with E-state index in [4.69, 9.17) is 4.74 Å². The molecule has 0 bridgehead atoms. The van der Waals surface area contributed by atoms with E-state index in [1.807, 2.05) is 19.9 Å². The lowest BCUT2D eigenvalue weighted by molar-refractivity contribution is 0.261. The van der Waals surface area contributed by atoms with Crippen LogP contribution in [-0.2, 0) is 10.0 Å². The van der Waals surface area contributed by atoms with Crippen LogP contribution in [0, 0.1) is 6.92 Å². The molecule has 3 aromatic carbocycles. The first kappa shape index (κ1) is 25.5. The van der Waals surface area contributed by atoms with Gasteiger partial charge in [-0.25, -0.2) is 13.1 Å². The minimum Gasteiger partial charge on any atom is -0.492 e. The van der Waals surface area contributed by atoms with E-state index in [2.05, 4.69) is 70.3 Å². The van der Waals surface area contributed by atoms with Crippen molar-refractivity contribution < 1.29 is 13.2 Å². The van der Waals surface area contributed by atoms with Crippen LogP contribution in [0.2, 0.25) is 0 Å². The number of ether oxygens (including phenoxy) is 1. The maximum absolute atomic E-state index is 13.0. The van der Waals surface area contributed by atoms with Crippen LogP contribution in [0.25, 0.3) is 17.7 Å². The SMILES string of the molecule is CCOc1c(C)cccc1S(=O)(=O)NCCN1CCC(=C2c3ccccc3C=Cc3ccccc32)CC1. The number of likely N-dealkylation sites (tertiary alicyclic amines) is 1. The zero-order valence-corrected chi connectivity index (χ0v) is 22.4. The Morgan fingerprint density at radius 1 is 0.865 bits per heavy atom. The van der Waals surface area contributed by atoms with Crippen molar-refractivity contribution >= 4 is 27.7 Å². The van der Waals surface area contributed by atoms with Crippen molar-refractivity contribution in [3.63, 3.8) is 0 Å². The van der Waals surface area contributed by atoms with Gasteiger partial charge in [0.15, 0.2) is 0 Å². The Bertz CT molecular complexity index is 1400. The monoisotopic (exact) mass is 514 g/mol. The second-order valence-corrected chi connectivity index (χ2v) is 11.3. The van der Waals surface area contributed by atoms with Crippen molar-refractivity contribution in [1.29, 1.82) is 0 Å². The molecule has 2 aliphatic rings. The third-order valence-corrected chi connectivity index (χ3v) is 8.67. The van der Waals surface area contributed by atoms with Crippen molar-refractivity contribution in [3.05, 3.63) is 100 Å². The first-order valence-electron chi connectivity index (χ1n) is 13.0. The van der Waals surface area contributed by atoms with Crippen molar-refractivity contribution in [2.45, 2.75) is 31.6 Å². The summed E-state index contributed by atoms with van der Waals surface area (Å²) < 4.78 is 34.5.